The summed E-state index contributed by atoms with van der Waals surface area (Å²) in [5, 5.41) is 64.9. The topological polar surface area (TPSA) is 445 Å². The molecule has 1 aromatic carbocycles. The molecule has 0 bridgehead atoms. The molecule has 430 valence electrons. The molecule has 8 amide bonds. The van der Waals surface area contributed by atoms with Crippen LogP contribution in [0.15, 0.2) is 24.3 Å². The highest BCUT2D eigenvalue weighted by atomic mass is 16.4. The third-order valence-electron chi connectivity index (χ3n) is 12.4. The summed E-state index contributed by atoms with van der Waals surface area (Å²) in [5.74, 6) is -12.9. The lowest BCUT2D eigenvalue weighted by Gasteiger charge is -2.31. The summed E-state index contributed by atoms with van der Waals surface area (Å²) in [4.78, 5) is 158. The van der Waals surface area contributed by atoms with Crippen LogP contribution in [0.4, 0.5) is 0 Å². The first-order chi connectivity index (χ1) is 36.1. The molecular weight excluding hydrogens is 1010 g/mol. The second-order valence-corrected chi connectivity index (χ2v) is 19.9. The molecule has 9 atom stereocenters. The van der Waals surface area contributed by atoms with Gasteiger partial charge in [-0.25, -0.2) is 4.79 Å². The van der Waals surface area contributed by atoms with Gasteiger partial charge in [0.05, 0.1) is 6.04 Å². The molecule has 1 fully saturated rings. The van der Waals surface area contributed by atoms with Crippen LogP contribution in [0.3, 0.4) is 0 Å². The number of likely N-dealkylation sites (tertiary alicyclic amines) is 1. The van der Waals surface area contributed by atoms with Crippen molar-refractivity contribution in [1.82, 2.24) is 42.1 Å². The Morgan fingerprint density at radius 3 is 1.47 bits per heavy atom. The number of nitrogens with zero attached hydrogens (tertiary/aromatic N) is 1. The van der Waals surface area contributed by atoms with Crippen molar-refractivity contribution < 1.29 is 83.1 Å². The van der Waals surface area contributed by atoms with E-state index in [0.29, 0.717) is 18.4 Å². The molecule has 0 unspecified atom stereocenters. The molecule has 27 heteroatoms. The summed E-state index contributed by atoms with van der Waals surface area (Å²) in [6, 6.07) is -7.05. The molecule has 1 aliphatic heterocycles. The van der Waals surface area contributed by atoms with Gasteiger partial charge in [-0.15, -0.1) is 0 Å². The zero-order chi connectivity index (χ0) is 58.1. The highest BCUT2D eigenvalue weighted by Gasteiger charge is 2.40. The van der Waals surface area contributed by atoms with Crippen molar-refractivity contribution in [3.63, 3.8) is 0 Å². The second kappa shape index (κ2) is 32.9. The number of carboxylic acids is 4. The first kappa shape index (κ1) is 65.7. The number of phenolic OH excluding ortho intramolecular Hbond substituents is 1. The van der Waals surface area contributed by atoms with E-state index in [4.69, 9.17) is 11.5 Å². The molecule has 0 radical (unpaired) electrons. The fraction of sp³-hybridized carbons (Fsp3) is 0.640. The van der Waals surface area contributed by atoms with Gasteiger partial charge in [0.25, 0.3) is 0 Å². The van der Waals surface area contributed by atoms with E-state index in [1.165, 1.54) is 36.1 Å². The lowest BCUT2D eigenvalue weighted by molar-refractivity contribution is -0.143. The van der Waals surface area contributed by atoms with E-state index < -0.39 is 158 Å². The number of carbonyl (C=O) groups excluding carboxylic acids is 8. The third kappa shape index (κ3) is 24.0. The molecule has 16 N–H and O–H groups in total. The number of rotatable bonds is 35. The van der Waals surface area contributed by atoms with Gasteiger partial charge in [0.15, 0.2) is 0 Å². The Morgan fingerprint density at radius 1 is 0.558 bits per heavy atom. The SMILES string of the molecule is CC(C)C[C@H](NC(=O)[C@H](CCC(=O)O)NC(=O)[C@@H](N)CC(C)C)C(=O)N[C@@H](CCC(=O)O)C(=O)N[C@@H](CCCCN)C(=O)N1CCC[C@H]1C(=O)N[C@@H](C)C(=O)N[C@@H](CCC(=O)O)C(=O)N[C@@H](Cc1ccc(O)cc1)C(=O)O. The minimum Gasteiger partial charge on any atom is -0.508 e. The standard InChI is InChI=1S/C50H78N10O17/c1-26(2)23-31(52)43(69)55-33(16-19-40(64)65)45(71)58-36(24-27(3)4)47(73)56-34(17-20-41(66)67)44(70)57-35(9-6-7-21-51)49(75)60-22-8-10-38(60)48(74)53-28(5)42(68)54-32(15-18-39(62)63)46(72)59-37(50(76)77)25-29-11-13-30(61)14-12-29/h11-14,26-28,31-38,61H,6-10,15-25,51-52H2,1-5H3,(H,53,74)(H,54,68)(H,55,69)(H,56,73)(H,57,70)(H,58,71)(H,59,72)(H,62,63)(H,64,65)(H,66,67)(H,76,77)/t28-,31-,32-,33-,34-,35-,36-,37-,38-/m0/s1. The lowest BCUT2D eigenvalue weighted by Crippen LogP contribution is -2.60. The van der Waals surface area contributed by atoms with Crippen molar-refractivity contribution in [3.8, 4) is 5.75 Å². The van der Waals surface area contributed by atoms with Crippen molar-refractivity contribution in [2.45, 2.75) is 179 Å². The number of amides is 8. The van der Waals surface area contributed by atoms with Gasteiger partial charge in [-0.1, -0.05) is 39.8 Å². The van der Waals surface area contributed by atoms with Crippen molar-refractivity contribution in [3.05, 3.63) is 29.8 Å². The van der Waals surface area contributed by atoms with E-state index in [1.54, 1.807) is 13.8 Å². The minimum absolute atomic E-state index is 0.00711. The summed E-state index contributed by atoms with van der Waals surface area (Å²) < 4.78 is 0. The molecule has 1 saturated heterocycles. The summed E-state index contributed by atoms with van der Waals surface area (Å²) in [5.41, 5.74) is 12.2. The number of carboxylic acid groups (broad SMARTS) is 4. The molecular formula is C50H78N10O17. The van der Waals surface area contributed by atoms with Crippen LogP contribution in [-0.2, 0) is 64.0 Å². The average molecular weight is 1090 g/mol. The summed E-state index contributed by atoms with van der Waals surface area (Å²) >= 11 is 0. The van der Waals surface area contributed by atoms with Crippen LogP contribution in [0.25, 0.3) is 0 Å². The smallest absolute Gasteiger partial charge is 0.326 e. The highest BCUT2D eigenvalue weighted by molar-refractivity contribution is 5.98. The largest absolute Gasteiger partial charge is 0.508 e. The van der Waals surface area contributed by atoms with Gasteiger partial charge in [-0.2, -0.15) is 0 Å². The average Bonchev–Trinajstić information content (AvgIpc) is 3.84. The molecule has 27 nitrogen and oxygen atoms in total. The number of benzene rings is 1. The summed E-state index contributed by atoms with van der Waals surface area (Å²) in [6.45, 7) is 8.56. The van der Waals surface area contributed by atoms with Gasteiger partial charge in [-0.3, -0.25) is 52.7 Å². The van der Waals surface area contributed by atoms with Crippen LogP contribution < -0.4 is 48.7 Å². The molecule has 0 aromatic heterocycles. The van der Waals surface area contributed by atoms with Crippen molar-refractivity contribution in [2.24, 2.45) is 23.3 Å². The Labute approximate surface area is 446 Å². The van der Waals surface area contributed by atoms with Crippen LogP contribution in [0.5, 0.6) is 5.75 Å². The van der Waals surface area contributed by atoms with E-state index in [1.807, 2.05) is 13.8 Å². The van der Waals surface area contributed by atoms with E-state index in [-0.39, 0.29) is 75.6 Å². The number of hydrogen-bond donors (Lipinski definition) is 14. The van der Waals surface area contributed by atoms with Crippen LogP contribution in [-0.4, -0.2) is 169 Å². The number of nitrogens with one attached hydrogen (secondary N) is 7. The third-order valence-corrected chi connectivity index (χ3v) is 12.4. The van der Waals surface area contributed by atoms with Gasteiger partial charge >= 0.3 is 23.9 Å². The molecule has 0 aliphatic carbocycles. The summed E-state index contributed by atoms with van der Waals surface area (Å²) in [6.07, 6.45) is -2.09. The predicted molar refractivity (Wildman–Crippen MR) is 274 cm³/mol. The molecule has 0 saturated carbocycles. The number of aromatic hydroxyl groups is 1. The maximum atomic E-state index is 14.4. The van der Waals surface area contributed by atoms with E-state index >= 15 is 0 Å². The number of aliphatic carboxylic acids is 4. The van der Waals surface area contributed by atoms with E-state index in [2.05, 4.69) is 37.2 Å². The van der Waals surface area contributed by atoms with Crippen molar-refractivity contribution in [1.29, 1.82) is 0 Å². The van der Waals surface area contributed by atoms with Crippen LogP contribution in [0.2, 0.25) is 0 Å². The predicted octanol–water partition coefficient (Wildman–Crippen LogP) is -1.43. The van der Waals surface area contributed by atoms with E-state index in [9.17, 15) is 83.1 Å². The highest BCUT2D eigenvalue weighted by Crippen LogP contribution is 2.21. The Hall–Kier alpha value is -7.42. The first-order valence-electron chi connectivity index (χ1n) is 25.7. The van der Waals surface area contributed by atoms with Gasteiger partial charge in [-0.05, 0) is 107 Å². The van der Waals surface area contributed by atoms with Crippen molar-refractivity contribution in [2.75, 3.05) is 13.1 Å². The number of hydrogen-bond acceptors (Lipinski definition) is 15. The maximum Gasteiger partial charge on any atom is 0.326 e. The fourth-order valence-electron chi connectivity index (χ4n) is 8.29. The number of nitrogens with two attached hydrogens (primary N) is 2. The first-order valence-corrected chi connectivity index (χ1v) is 25.7. The Morgan fingerprint density at radius 2 is 1.00 bits per heavy atom. The van der Waals surface area contributed by atoms with Crippen molar-refractivity contribution >= 4 is 71.1 Å². The Bertz CT molecular complexity index is 2230. The number of carbonyl (C=O) groups is 12. The van der Waals surface area contributed by atoms with Gasteiger partial charge in [0.1, 0.15) is 54.1 Å². The minimum atomic E-state index is -1.61. The van der Waals surface area contributed by atoms with E-state index in [0.717, 1.165) is 0 Å². The quantitative estimate of drug-likeness (QED) is 0.0346. The van der Waals surface area contributed by atoms with Gasteiger partial charge < -0.3 is 79.1 Å². The number of phenols is 1. The Kier molecular flexibility index (Phi) is 28.1. The molecule has 1 aromatic rings. The molecule has 1 aliphatic rings. The van der Waals surface area contributed by atoms with Crippen LogP contribution >= 0.6 is 0 Å². The van der Waals surface area contributed by atoms with Gasteiger partial charge in [0.2, 0.25) is 47.3 Å². The van der Waals surface area contributed by atoms with Gasteiger partial charge in [0, 0.05) is 32.2 Å². The lowest BCUT2D eigenvalue weighted by atomic mass is 10.00. The fourth-order valence-corrected chi connectivity index (χ4v) is 8.29. The molecule has 77 heavy (non-hydrogen) atoms. The number of unbranched alkanes of at least 4 members (excludes halogenated alkanes) is 1. The Balaban J connectivity index is 2.33. The monoisotopic (exact) mass is 1090 g/mol. The maximum absolute atomic E-state index is 14.4. The molecule has 2 rings (SSSR count). The second-order valence-electron chi connectivity index (χ2n) is 19.9. The molecule has 1 heterocycles. The van der Waals surface area contributed by atoms with Crippen LogP contribution in [0.1, 0.15) is 124 Å². The zero-order valence-corrected chi connectivity index (χ0v) is 44.2. The summed E-state index contributed by atoms with van der Waals surface area (Å²) in [7, 11) is 0. The molecule has 0 spiro atoms. The van der Waals surface area contributed by atoms with Crippen LogP contribution in [0, 0.1) is 11.8 Å². The zero-order valence-electron chi connectivity index (χ0n) is 44.2. The normalized spacial score (nSPS) is 16.3.